The lowest BCUT2D eigenvalue weighted by Crippen LogP contribution is -2.28. The van der Waals surface area contributed by atoms with Crippen LogP contribution >= 0.6 is 0 Å². The highest BCUT2D eigenvalue weighted by Gasteiger charge is 2.19. The van der Waals surface area contributed by atoms with Gasteiger partial charge < -0.3 is 15.2 Å². The van der Waals surface area contributed by atoms with Crippen LogP contribution < -0.4 is 5.32 Å². The quantitative estimate of drug-likeness (QED) is 0.888. The summed E-state index contributed by atoms with van der Waals surface area (Å²) >= 11 is 0. The second-order valence-electron chi connectivity index (χ2n) is 4.32. The largest absolute Gasteiger partial charge is 0.508 e. The molecule has 0 saturated carbocycles. The summed E-state index contributed by atoms with van der Waals surface area (Å²) in [5.41, 5.74) is 0.728. The molecular weight excluding hydrogens is 242 g/mol. The van der Waals surface area contributed by atoms with Crippen molar-refractivity contribution in [1.29, 1.82) is 0 Å². The van der Waals surface area contributed by atoms with Crippen LogP contribution in [0.3, 0.4) is 0 Å². The van der Waals surface area contributed by atoms with E-state index in [0.29, 0.717) is 6.42 Å². The topological polar surface area (TPSA) is 58.6 Å². The highest BCUT2D eigenvalue weighted by Crippen LogP contribution is 2.33. The number of phenols is 1. The maximum absolute atomic E-state index is 11.4. The van der Waals surface area contributed by atoms with Crippen LogP contribution in [-0.2, 0) is 4.74 Å². The maximum Gasteiger partial charge on any atom is 0.407 e. The molecule has 0 bridgehead atoms. The molecule has 19 heavy (non-hydrogen) atoms. The van der Waals surface area contributed by atoms with Crippen molar-refractivity contribution >= 4 is 16.9 Å². The normalized spacial score (nSPS) is 12.1. The average Bonchev–Trinajstić information content (AvgIpc) is 2.45. The lowest BCUT2D eigenvalue weighted by molar-refractivity contribution is 0.166. The molecule has 4 heteroatoms. The summed E-state index contributed by atoms with van der Waals surface area (Å²) in [6.07, 6.45) is 0.163. The number of aromatic hydroxyl groups is 1. The minimum Gasteiger partial charge on any atom is -0.508 e. The van der Waals surface area contributed by atoms with Crippen molar-refractivity contribution < 1.29 is 14.6 Å². The zero-order chi connectivity index (χ0) is 13.8. The summed E-state index contributed by atoms with van der Waals surface area (Å²) in [4.78, 5) is 11.4. The smallest absolute Gasteiger partial charge is 0.407 e. The van der Waals surface area contributed by atoms with Crippen molar-refractivity contribution in [3.05, 3.63) is 42.0 Å². The van der Waals surface area contributed by atoms with Crippen LogP contribution in [0.1, 0.15) is 24.9 Å². The third kappa shape index (κ3) is 2.62. The monoisotopic (exact) mass is 259 g/mol. The van der Waals surface area contributed by atoms with E-state index in [-0.39, 0.29) is 11.8 Å². The van der Waals surface area contributed by atoms with E-state index in [1.54, 1.807) is 6.07 Å². The van der Waals surface area contributed by atoms with Crippen LogP contribution in [0.2, 0.25) is 0 Å². The first-order valence-corrected chi connectivity index (χ1v) is 6.22. The molecule has 0 heterocycles. The highest BCUT2D eigenvalue weighted by atomic mass is 16.5. The molecule has 1 amide bonds. The molecule has 0 aliphatic carbocycles. The highest BCUT2D eigenvalue weighted by molar-refractivity contribution is 5.88. The molecule has 0 aliphatic heterocycles. The summed E-state index contributed by atoms with van der Waals surface area (Å²) in [5, 5.41) is 14.8. The van der Waals surface area contributed by atoms with E-state index >= 15 is 0 Å². The fourth-order valence-corrected chi connectivity index (χ4v) is 2.23. The van der Waals surface area contributed by atoms with Gasteiger partial charge in [0.05, 0.1) is 13.2 Å². The van der Waals surface area contributed by atoms with E-state index < -0.39 is 6.09 Å². The van der Waals surface area contributed by atoms with E-state index in [1.807, 2.05) is 37.3 Å². The maximum atomic E-state index is 11.4. The lowest BCUT2D eigenvalue weighted by atomic mass is 9.96. The molecule has 0 spiro atoms. The number of hydrogen-bond acceptors (Lipinski definition) is 3. The number of carbonyl (C=O) groups excluding carboxylic acids is 1. The number of nitrogens with one attached hydrogen (secondary N) is 1. The van der Waals surface area contributed by atoms with E-state index in [1.165, 1.54) is 7.11 Å². The molecule has 0 aliphatic rings. The Hall–Kier alpha value is -2.23. The van der Waals surface area contributed by atoms with E-state index in [9.17, 15) is 9.90 Å². The zero-order valence-electron chi connectivity index (χ0n) is 11.0. The van der Waals surface area contributed by atoms with Gasteiger partial charge in [0.2, 0.25) is 0 Å². The Balaban J connectivity index is 2.52. The number of phenolic OH excluding ortho intramolecular Hbond substituents is 1. The first kappa shape index (κ1) is 13.2. The van der Waals surface area contributed by atoms with E-state index in [4.69, 9.17) is 0 Å². The van der Waals surface area contributed by atoms with Crippen LogP contribution in [0.25, 0.3) is 10.8 Å². The van der Waals surface area contributed by atoms with Gasteiger partial charge in [-0.1, -0.05) is 37.3 Å². The molecule has 2 aromatic carbocycles. The Morgan fingerprint density at radius 3 is 2.74 bits per heavy atom. The van der Waals surface area contributed by atoms with Gasteiger partial charge in [0.15, 0.2) is 0 Å². The number of ether oxygens (including phenoxy) is 1. The van der Waals surface area contributed by atoms with Gasteiger partial charge in [-0.25, -0.2) is 4.79 Å². The molecule has 1 atom stereocenters. The SMILES string of the molecule is CC[C@@H](NC(=O)OC)c1c(O)ccc2ccccc12. The van der Waals surface area contributed by atoms with Crippen LogP contribution in [-0.4, -0.2) is 18.3 Å². The first-order chi connectivity index (χ1) is 9.17. The molecule has 0 saturated heterocycles. The van der Waals surface area contributed by atoms with Crippen molar-refractivity contribution in [2.75, 3.05) is 7.11 Å². The number of rotatable bonds is 3. The van der Waals surface area contributed by atoms with Crippen molar-refractivity contribution in [2.24, 2.45) is 0 Å². The van der Waals surface area contributed by atoms with Gasteiger partial charge in [-0.05, 0) is 23.3 Å². The number of carbonyl (C=O) groups is 1. The summed E-state index contributed by atoms with van der Waals surface area (Å²) in [7, 11) is 1.32. The van der Waals surface area contributed by atoms with Crippen molar-refractivity contribution in [3.63, 3.8) is 0 Å². The predicted octanol–water partition coefficient (Wildman–Crippen LogP) is 3.35. The van der Waals surface area contributed by atoms with Gasteiger partial charge in [-0.2, -0.15) is 0 Å². The number of amides is 1. The fraction of sp³-hybridized carbons (Fsp3) is 0.267. The summed E-state index contributed by atoms with van der Waals surface area (Å²) < 4.78 is 4.62. The molecular formula is C15H17NO3. The second kappa shape index (κ2) is 5.61. The van der Waals surface area contributed by atoms with Gasteiger partial charge in [-0.15, -0.1) is 0 Å². The number of methoxy groups -OCH3 is 1. The Morgan fingerprint density at radius 1 is 1.32 bits per heavy atom. The summed E-state index contributed by atoms with van der Waals surface area (Å²) in [6.45, 7) is 1.95. The van der Waals surface area contributed by atoms with Gasteiger partial charge in [-0.3, -0.25) is 0 Å². The Bertz CT molecular complexity index is 595. The standard InChI is InChI=1S/C15H17NO3/c1-3-12(16-15(18)19-2)14-11-7-5-4-6-10(11)8-9-13(14)17/h4-9,12,17H,3H2,1-2H3,(H,16,18)/t12-/m1/s1. The van der Waals surface area contributed by atoms with Crippen LogP contribution in [0.5, 0.6) is 5.75 Å². The Morgan fingerprint density at radius 2 is 2.05 bits per heavy atom. The molecule has 2 rings (SSSR count). The van der Waals surface area contributed by atoms with Crippen LogP contribution in [0.4, 0.5) is 4.79 Å². The zero-order valence-corrected chi connectivity index (χ0v) is 11.0. The molecule has 2 N–H and O–H groups in total. The average molecular weight is 259 g/mol. The summed E-state index contributed by atoms with van der Waals surface area (Å²) in [5.74, 6) is 0.182. The van der Waals surface area contributed by atoms with E-state index in [0.717, 1.165) is 16.3 Å². The lowest BCUT2D eigenvalue weighted by Gasteiger charge is -2.19. The molecule has 100 valence electrons. The van der Waals surface area contributed by atoms with Crippen molar-refractivity contribution in [2.45, 2.75) is 19.4 Å². The van der Waals surface area contributed by atoms with E-state index in [2.05, 4.69) is 10.1 Å². The van der Waals surface area contributed by atoms with Gasteiger partial charge >= 0.3 is 6.09 Å². The second-order valence-corrected chi connectivity index (χ2v) is 4.32. The number of fused-ring (bicyclic) bond motifs is 1. The Kier molecular flexibility index (Phi) is 3.90. The third-order valence-electron chi connectivity index (χ3n) is 3.18. The van der Waals surface area contributed by atoms with Crippen LogP contribution in [0, 0.1) is 0 Å². The summed E-state index contributed by atoms with van der Waals surface area (Å²) in [6, 6.07) is 11.0. The van der Waals surface area contributed by atoms with Gasteiger partial charge in [0, 0.05) is 5.56 Å². The molecule has 0 fully saturated rings. The third-order valence-corrected chi connectivity index (χ3v) is 3.18. The van der Waals surface area contributed by atoms with Gasteiger partial charge in [0.25, 0.3) is 0 Å². The fourth-order valence-electron chi connectivity index (χ4n) is 2.23. The van der Waals surface area contributed by atoms with Crippen LogP contribution in [0.15, 0.2) is 36.4 Å². The molecule has 2 aromatic rings. The molecule has 0 aromatic heterocycles. The molecule has 4 nitrogen and oxygen atoms in total. The molecule has 0 unspecified atom stereocenters. The minimum atomic E-state index is -0.501. The Labute approximate surface area is 112 Å². The number of benzene rings is 2. The number of hydrogen-bond donors (Lipinski definition) is 2. The van der Waals surface area contributed by atoms with Crippen molar-refractivity contribution in [1.82, 2.24) is 5.32 Å². The van der Waals surface area contributed by atoms with Gasteiger partial charge in [0.1, 0.15) is 5.75 Å². The predicted molar refractivity (Wildman–Crippen MR) is 74.2 cm³/mol. The van der Waals surface area contributed by atoms with Crippen molar-refractivity contribution in [3.8, 4) is 5.75 Å². The first-order valence-electron chi connectivity index (χ1n) is 6.22. The minimum absolute atomic E-state index is 0.182. The molecule has 0 radical (unpaired) electrons. The number of alkyl carbamates (subject to hydrolysis) is 1.